The van der Waals surface area contributed by atoms with E-state index in [9.17, 15) is 21.9 Å². The number of hydrogen-bond donors (Lipinski definition) is 1. The second kappa shape index (κ2) is 4.11. The minimum atomic E-state index is -4.80. The van der Waals surface area contributed by atoms with Gasteiger partial charge in [0.1, 0.15) is 5.75 Å². The molecule has 0 saturated carbocycles. The summed E-state index contributed by atoms with van der Waals surface area (Å²) >= 11 is -0.202. The molecule has 1 unspecified atom stereocenters. The zero-order valence-corrected chi connectivity index (χ0v) is 9.24. The first-order valence-corrected chi connectivity index (χ1v) is 5.29. The lowest BCUT2D eigenvalue weighted by Gasteiger charge is -2.14. The number of hydrogen-bond acceptors (Lipinski definition) is 3. The Hall–Kier alpha value is -0.600. The van der Waals surface area contributed by atoms with Crippen LogP contribution in [-0.2, 0) is 17.3 Å². The van der Waals surface area contributed by atoms with Crippen molar-refractivity contribution in [2.75, 3.05) is 0 Å². The van der Waals surface area contributed by atoms with Crippen molar-refractivity contribution in [3.05, 3.63) is 22.2 Å². The third-order valence-electron chi connectivity index (χ3n) is 1.52. The second-order valence-corrected chi connectivity index (χ2v) is 4.36. The van der Waals surface area contributed by atoms with E-state index in [0.717, 1.165) is 6.07 Å². The Morgan fingerprint density at radius 3 is 2.33 bits per heavy atom. The molecular formula is C7H3BrF3O3S-. The molecular weight excluding hydrogens is 301 g/mol. The summed E-state index contributed by atoms with van der Waals surface area (Å²) in [5, 5.41) is 9.09. The molecule has 8 heteroatoms. The van der Waals surface area contributed by atoms with Gasteiger partial charge in [0.25, 0.3) is 0 Å². The Bertz CT molecular complexity index is 419. The summed E-state index contributed by atoms with van der Waals surface area (Å²) < 4.78 is 57.8. The van der Waals surface area contributed by atoms with Crippen LogP contribution in [0.5, 0.6) is 5.75 Å². The van der Waals surface area contributed by atoms with Gasteiger partial charge in [0.2, 0.25) is 0 Å². The number of benzene rings is 1. The van der Waals surface area contributed by atoms with Crippen LogP contribution >= 0.6 is 15.9 Å². The maximum atomic E-state index is 12.3. The summed E-state index contributed by atoms with van der Waals surface area (Å²) in [4.78, 5) is -0.795. The summed E-state index contributed by atoms with van der Waals surface area (Å²) in [7, 11) is 0. The van der Waals surface area contributed by atoms with Gasteiger partial charge in [-0.3, -0.25) is 4.21 Å². The van der Waals surface area contributed by atoms with Crippen LogP contribution in [0.2, 0.25) is 0 Å². The first kappa shape index (κ1) is 12.5. The van der Waals surface area contributed by atoms with Crippen molar-refractivity contribution in [1.29, 1.82) is 0 Å². The zero-order chi connectivity index (χ0) is 11.8. The molecule has 0 spiro atoms. The van der Waals surface area contributed by atoms with Crippen LogP contribution in [0.3, 0.4) is 0 Å². The predicted molar refractivity (Wildman–Crippen MR) is 48.0 cm³/mol. The van der Waals surface area contributed by atoms with Gasteiger partial charge in [0, 0.05) is 4.47 Å². The molecule has 0 heterocycles. The monoisotopic (exact) mass is 303 g/mol. The summed E-state index contributed by atoms with van der Waals surface area (Å²) in [6.45, 7) is 0. The van der Waals surface area contributed by atoms with Crippen molar-refractivity contribution in [2.45, 2.75) is 11.1 Å². The van der Waals surface area contributed by atoms with Crippen LogP contribution in [0.15, 0.2) is 21.5 Å². The molecule has 0 aliphatic heterocycles. The Morgan fingerprint density at radius 2 is 1.93 bits per heavy atom. The van der Waals surface area contributed by atoms with Crippen LogP contribution < -0.4 is 0 Å². The molecule has 1 rings (SSSR count). The Morgan fingerprint density at radius 1 is 1.40 bits per heavy atom. The number of halogens is 4. The lowest BCUT2D eigenvalue weighted by Crippen LogP contribution is -2.07. The highest BCUT2D eigenvalue weighted by molar-refractivity contribution is 9.10. The van der Waals surface area contributed by atoms with Gasteiger partial charge in [-0.15, -0.1) is 0 Å². The topological polar surface area (TPSA) is 60.4 Å². The lowest BCUT2D eigenvalue weighted by molar-refractivity contribution is -0.139. The van der Waals surface area contributed by atoms with Gasteiger partial charge < -0.3 is 9.66 Å². The molecule has 0 bridgehead atoms. The van der Waals surface area contributed by atoms with Gasteiger partial charge in [-0.25, -0.2) is 0 Å². The molecule has 1 aromatic carbocycles. The minimum absolute atomic E-state index is 0.0770. The van der Waals surface area contributed by atoms with E-state index >= 15 is 0 Å². The molecule has 0 saturated heterocycles. The second-order valence-electron chi connectivity index (χ2n) is 2.53. The number of aromatic hydroxyl groups is 1. The van der Waals surface area contributed by atoms with E-state index in [4.69, 9.17) is 5.11 Å². The summed E-state index contributed by atoms with van der Waals surface area (Å²) in [5.74, 6) is -1.29. The molecule has 1 aromatic rings. The third kappa shape index (κ3) is 2.70. The van der Waals surface area contributed by atoms with E-state index in [2.05, 4.69) is 15.9 Å². The third-order valence-corrected chi connectivity index (χ3v) is 2.65. The molecule has 15 heavy (non-hydrogen) atoms. The summed E-state index contributed by atoms with van der Waals surface area (Å²) in [5.41, 5.74) is -1.39. The van der Waals surface area contributed by atoms with E-state index in [-0.39, 0.29) is 4.47 Å². The Kier molecular flexibility index (Phi) is 3.41. The quantitative estimate of drug-likeness (QED) is 0.811. The normalized spacial score (nSPS) is 13.9. The van der Waals surface area contributed by atoms with Crippen molar-refractivity contribution in [3.8, 4) is 5.75 Å². The average molecular weight is 304 g/mol. The van der Waals surface area contributed by atoms with Crippen molar-refractivity contribution < 1.29 is 27.0 Å². The van der Waals surface area contributed by atoms with Crippen LogP contribution in [0.4, 0.5) is 13.2 Å². The molecule has 0 aliphatic carbocycles. The molecule has 0 amide bonds. The van der Waals surface area contributed by atoms with Gasteiger partial charge in [-0.05, 0) is 23.2 Å². The predicted octanol–water partition coefficient (Wildman–Crippen LogP) is 2.41. The molecule has 0 fully saturated rings. The molecule has 1 N–H and O–H groups in total. The number of rotatable bonds is 1. The number of alkyl halides is 3. The summed E-state index contributed by atoms with van der Waals surface area (Å²) in [6, 6.07) is 1.49. The molecule has 3 nitrogen and oxygen atoms in total. The van der Waals surface area contributed by atoms with E-state index in [1.165, 1.54) is 0 Å². The van der Waals surface area contributed by atoms with Crippen molar-refractivity contribution in [1.82, 2.24) is 0 Å². The minimum Gasteiger partial charge on any atom is -0.768 e. The molecule has 1 atom stereocenters. The molecule has 0 radical (unpaired) electrons. The van der Waals surface area contributed by atoms with Crippen molar-refractivity contribution >= 4 is 27.0 Å². The van der Waals surface area contributed by atoms with Crippen molar-refractivity contribution in [2.24, 2.45) is 0 Å². The molecule has 0 aromatic heterocycles. The van der Waals surface area contributed by atoms with Gasteiger partial charge in [-0.2, -0.15) is 13.2 Å². The fourth-order valence-corrected chi connectivity index (χ4v) is 2.02. The van der Waals surface area contributed by atoms with Crippen molar-refractivity contribution in [3.63, 3.8) is 0 Å². The van der Waals surface area contributed by atoms with Crippen LogP contribution in [0, 0.1) is 0 Å². The van der Waals surface area contributed by atoms with Gasteiger partial charge in [0.15, 0.2) is 0 Å². The zero-order valence-electron chi connectivity index (χ0n) is 6.84. The SMILES string of the molecule is O=S([O-])c1cc(Br)cc(C(F)(F)F)c1O. The smallest absolute Gasteiger partial charge is 0.420 e. The molecule has 84 valence electrons. The standard InChI is InChI=1S/C7H4BrF3O3S/c8-3-1-4(7(9,10)11)6(12)5(2-3)15(13)14/h1-2,12H,(H,13,14)/p-1. The van der Waals surface area contributed by atoms with Crippen LogP contribution in [-0.4, -0.2) is 13.9 Å². The summed E-state index contributed by atoms with van der Waals surface area (Å²) in [6.07, 6.45) is -4.80. The highest BCUT2D eigenvalue weighted by Crippen LogP contribution is 2.40. The highest BCUT2D eigenvalue weighted by atomic mass is 79.9. The van der Waals surface area contributed by atoms with Crippen LogP contribution in [0.25, 0.3) is 0 Å². The maximum absolute atomic E-state index is 12.3. The van der Waals surface area contributed by atoms with Crippen LogP contribution in [0.1, 0.15) is 5.56 Å². The van der Waals surface area contributed by atoms with E-state index in [1.54, 1.807) is 0 Å². The van der Waals surface area contributed by atoms with Gasteiger partial charge in [0.05, 0.1) is 10.5 Å². The maximum Gasteiger partial charge on any atom is 0.420 e. The van der Waals surface area contributed by atoms with E-state index < -0.39 is 33.5 Å². The van der Waals surface area contributed by atoms with E-state index in [1.807, 2.05) is 0 Å². The first-order valence-electron chi connectivity index (χ1n) is 3.42. The highest BCUT2D eigenvalue weighted by Gasteiger charge is 2.35. The first-order chi connectivity index (χ1) is 6.73. The Balaban J connectivity index is 3.49. The average Bonchev–Trinajstić information content (AvgIpc) is 2.06. The Labute approximate surface area is 93.3 Å². The van der Waals surface area contributed by atoms with Gasteiger partial charge in [-0.1, -0.05) is 15.9 Å². The number of phenolic OH excluding ortho intramolecular Hbond substituents is 1. The molecule has 0 aliphatic rings. The number of phenols is 1. The fourth-order valence-electron chi connectivity index (χ4n) is 0.917. The lowest BCUT2D eigenvalue weighted by atomic mass is 10.2. The van der Waals surface area contributed by atoms with Gasteiger partial charge >= 0.3 is 6.18 Å². The fraction of sp³-hybridized carbons (Fsp3) is 0.143. The largest absolute Gasteiger partial charge is 0.768 e. The van der Waals surface area contributed by atoms with E-state index in [0.29, 0.717) is 6.07 Å².